The van der Waals surface area contributed by atoms with Gasteiger partial charge in [-0.05, 0) is 25.1 Å². The molecule has 1 fully saturated rings. The Morgan fingerprint density at radius 3 is 2.47 bits per heavy atom. The highest BCUT2D eigenvalue weighted by Gasteiger charge is 2.18. The largest absolute Gasteiger partial charge is 0.339 e. The quantitative estimate of drug-likeness (QED) is 0.371. The molecule has 3 N–H and O–H groups in total. The highest BCUT2D eigenvalue weighted by molar-refractivity contribution is 5.82. The number of nitrogens with one attached hydrogen (secondary N) is 1. The molecule has 5 nitrogen and oxygen atoms in total. The van der Waals surface area contributed by atoms with Crippen LogP contribution in [0.3, 0.4) is 0 Å². The van der Waals surface area contributed by atoms with Crippen LogP contribution in [-0.4, -0.2) is 48.5 Å². The predicted octanol–water partition coefficient (Wildman–Crippen LogP) is 1.17. The third-order valence-electron chi connectivity index (χ3n) is 3.33. The van der Waals surface area contributed by atoms with Crippen LogP contribution < -0.4 is 11.3 Å². The molecule has 2 rings (SSSR count). The molecule has 0 bridgehead atoms. The standard InChI is InChI=1S/C14H23N5/c1-2-8-18-9-11-19(12-10-18)14(17-15)16-13-6-4-3-5-7-13/h3-7H,2,8-12,15H2,1H3,(H,16,17). The van der Waals surface area contributed by atoms with E-state index >= 15 is 0 Å². The number of para-hydroxylation sites is 1. The van der Waals surface area contributed by atoms with Crippen molar-refractivity contribution in [3.05, 3.63) is 30.3 Å². The summed E-state index contributed by atoms with van der Waals surface area (Å²) in [7, 11) is 0. The molecule has 0 atom stereocenters. The summed E-state index contributed by atoms with van der Waals surface area (Å²) in [5, 5.41) is 0. The number of guanidine groups is 1. The van der Waals surface area contributed by atoms with Crippen molar-refractivity contribution in [3.63, 3.8) is 0 Å². The molecule has 0 saturated carbocycles. The van der Waals surface area contributed by atoms with E-state index in [1.165, 1.54) is 13.0 Å². The summed E-state index contributed by atoms with van der Waals surface area (Å²) in [5.41, 5.74) is 3.65. The molecule has 1 saturated heterocycles. The summed E-state index contributed by atoms with van der Waals surface area (Å²) in [6, 6.07) is 9.89. The van der Waals surface area contributed by atoms with Crippen LogP contribution in [0.25, 0.3) is 0 Å². The molecule has 104 valence electrons. The molecule has 0 aromatic heterocycles. The average Bonchev–Trinajstić information content (AvgIpc) is 2.47. The zero-order chi connectivity index (χ0) is 13.5. The van der Waals surface area contributed by atoms with Gasteiger partial charge in [0.25, 0.3) is 0 Å². The van der Waals surface area contributed by atoms with Crippen LogP contribution in [0.15, 0.2) is 35.3 Å². The maximum Gasteiger partial charge on any atom is 0.213 e. The number of hydrogen-bond donors (Lipinski definition) is 2. The smallest absolute Gasteiger partial charge is 0.213 e. The molecule has 0 radical (unpaired) electrons. The Labute approximate surface area is 115 Å². The van der Waals surface area contributed by atoms with Crippen molar-refractivity contribution < 1.29 is 0 Å². The van der Waals surface area contributed by atoms with Crippen molar-refractivity contribution in [2.24, 2.45) is 10.8 Å². The Balaban J connectivity index is 1.98. The fourth-order valence-electron chi connectivity index (χ4n) is 2.32. The number of aliphatic imine (C=N–C) groups is 1. The maximum atomic E-state index is 5.61. The van der Waals surface area contributed by atoms with Gasteiger partial charge in [-0.15, -0.1) is 0 Å². The predicted molar refractivity (Wildman–Crippen MR) is 79.2 cm³/mol. The van der Waals surface area contributed by atoms with Gasteiger partial charge in [0.15, 0.2) is 0 Å². The first-order chi connectivity index (χ1) is 9.33. The summed E-state index contributed by atoms with van der Waals surface area (Å²) >= 11 is 0. The summed E-state index contributed by atoms with van der Waals surface area (Å²) in [4.78, 5) is 9.25. The SMILES string of the molecule is CCCN1CCN(C(=Nc2ccccc2)NN)CC1. The van der Waals surface area contributed by atoms with Gasteiger partial charge >= 0.3 is 0 Å². The van der Waals surface area contributed by atoms with Gasteiger partial charge in [-0.2, -0.15) is 0 Å². The molecule has 1 heterocycles. The lowest BCUT2D eigenvalue weighted by Crippen LogP contribution is -2.53. The first kappa shape index (κ1) is 13.8. The van der Waals surface area contributed by atoms with E-state index in [-0.39, 0.29) is 0 Å². The van der Waals surface area contributed by atoms with Crippen molar-refractivity contribution in [2.45, 2.75) is 13.3 Å². The molecule has 1 aromatic carbocycles. The van der Waals surface area contributed by atoms with E-state index in [9.17, 15) is 0 Å². The van der Waals surface area contributed by atoms with E-state index in [4.69, 9.17) is 5.84 Å². The van der Waals surface area contributed by atoms with Gasteiger partial charge in [-0.1, -0.05) is 25.1 Å². The van der Waals surface area contributed by atoms with Crippen LogP contribution in [0.1, 0.15) is 13.3 Å². The lowest BCUT2D eigenvalue weighted by Gasteiger charge is -2.35. The first-order valence-corrected chi connectivity index (χ1v) is 6.91. The molecular formula is C14H23N5. The number of rotatable bonds is 3. The van der Waals surface area contributed by atoms with Gasteiger partial charge in [-0.3, -0.25) is 10.3 Å². The van der Waals surface area contributed by atoms with Gasteiger partial charge in [0, 0.05) is 26.2 Å². The Morgan fingerprint density at radius 1 is 1.21 bits per heavy atom. The third-order valence-corrected chi connectivity index (χ3v) is 3.33. The zero-order valence-electron chi connectivity index (χ0n) is 11.5. The third kappa shape index (κ3) is 3.94. The summed E-state index contributed by atoms with van der Waals surface area (Å²) in [6.07, 6.45) is 1.21. The van der Waals surface area contributed by atoms with Crippen LogP contribution in [0.2, 0.25) is 0 Å². The summed E-state index contributed by atoms with van der Waals surface area (Å²) < 4.78 is 0. The maximum absolute atomic E-state index is 5.61. The second-order valence-electron chi connectivity index (χ2n) is 4.74. The van der Waals surface area contributed by atoms with Crippen molar-refractivity contribution in [1.82, 2.24) is 15.2 Å². The number of piperazine rings is 1. The summed E-state index contributed by atoms with van der Waals surface area (Å²) in [6.45, 7) is 7.48. The fourth-order valence-corrected chi connectivity index (χ4v) is 2.32. The van der Waals surface area contributed by atoms with Crippen molar-refractivity contribution >= 4 is 11.6 Å². The van der Waals surface area contributed by atoms with E-state index in [0.717, 1.165) is 37.8 Å². The van der Waals surface area contributed by atoms with E-state index in [2.05, 4.69) is 27.1 Å². The Kier molecular flexibility index (Phi) is 5.18. The summed E-state index contributed by atoms with van der Waals surface area (Å²) in [5.74, 6) is 6.36. The van der Waals surface area contributed by atoms with E-state index in [1.54, 1.807) is 0 Å². The van der Waals surface area contributed by atoms with Crippen LogP contribution in [-0.2, 0) is 0 Å². The van der Waals surface area contributed by atoms with Crippen LogP contribution in [0, 0.1) is 0 Å². The zero-order valence-corrected chi connectivity index (χ0v) is 11.5. The van der Waals surface area contributed by atoms with E-state index < -0.39 is 0 Å². The van der Waals surface area contributed by atoms with Crippen LogP contribution in [0.4, 0.5) is 5.69 Å². The first-order valence-electron chi connectivity index (χ1n) is 6.91. The Bertz CT molecular complexity index is 396. The monoisotopic (exact) mass is 261 g/mol. The topological polar surface area (TPSA) is 56.9 Å². The number of benzene rings is 1. The molecule has 0 unspecified atom stereocenters. The van der Waals surface area contributed by atoms with Crippen molar-refractivity contribution in [1.29, 1.82) is 0 Å². The number of nitrogens with two attached hydrogens (primary N) is 1. The second kappa shape index (κ2) is 7.11. The van der Waals surface area contributed by atoms with Crippen molar-refractivity contribution in [2.75, 3.05) is 32.7 Å². The molecule has 1 aliphatic rings. The van der Waals surface area contributed by atoms with E-state index in [1.807, 2.05) is 30.3 Å². The van der Waals surface area contributed by atoms with Crippen LogP contribution in [0.5, 0.6) is 0 Å². The average molecular weight is 261 g/mol. The van der Waals surface area contributed by atoms with Gasteiger partial charge in [0.1, 0.15) is 0 Å². The number of hydrogen-bond acceptors (Lipinski definition) is 3. The number of hydrazine groups is 1. The molecule has 1 aliphatic heterocycles. The van der Waals surface area contributed by atoms with Crippen molar-refractivity contribution in [3.8, 4) is 0 Å². The molecule has 0 spiro atoms. The molecule has 1 aromatic rings. The fraction of sp³-hybridized carbons (Fsp3) is 0.500. The minimum absolute atomic E-state index is 0.752. The second-order valence-corrected chi connectivity index (χ2v) is 4.74. The van der Waals surface area contributed by atoms with Gasteiger partial charge in [-0.25, -0.2) is 10.8 Å². The Hall–Kier alpha value is -1.59. The molecule has 0 aliphatic carbocycles. The lowest BCUT2D eigenvalue weighted by atomic mass is 10.3. The minimum atomic E-state index is 0.752. The lowest BCUT2D eigenvalue weighted by molar-refractivity contribution is 0.179. The van der Waals surface area contributed by atoms with Gasteiger partial charge < -0.3 is 4.90 Å². The minimum Gasteiger partial charge on any atom is -0.339 e. The molecule has 0 amide bonds. The van der Waals surface area contributed by atoms with Crippen LogP contribution >= 0.6 is 0 Å². The molecular weight excluding hydrogens is 238 g/mol. The van der Waals surface area contributed by atoms with Gasteiger partial charge in [0.2, 0.25) is 5.96 Å². The highest BCUT2D eigenvalue weighted by atomic mass is 15.4. The Morgan fingerprint density at radius 2 is 1.89 bits per heavy atom. The van der Waals surface area contributed by atoms with E-state index in [0.29, 0.717) is 0 Å². The molecule has 19 heavy (non-hydrogen) atoms. The van der Waals surface area contributed by atoms with Gasteiger partial charge in [0.05, 0.1) is 5.69 Å². The number of nitrogens with zero attached hydrogens (tertiary/aromatic N) is 3. The normalized spacial score (nSPS) is 17.6. The molecule has 5 heteroatoms. The highest BCUT2D eigenvalue weighted by Crippen LogP contribution is 2.11.